The second kappa shape index (κ2) is 6.28. The predicted molar refractivity (Wildman–Crippen MR) is 90.5 cm³/mol. The highest BCUT2D eigenvalue weighted by atomic mass is 32.1. The fourth-order valence-electron chi connectivity index (χ4n) is 3.38. The van der Waals surface area contributed by atoms with Gasteiger partial charge in [0.2, 0.25) is 11.7 Å². The predicted octanol–water partition coefficient (Wildman–Crippen LogP) is 4.12. The molecule has 0 unspecified atom stereocenters. The fourth-order valence-corrected chi connectivity index (χ4v) is 4.37. The lowest BCUT2D eigenvalue weighted by atomic mass is 9.83. The van der Waals surface area contributed by atoms with E-state index >= 15 is 0 Å². The van der Waals surface area contributed by atoms with Crippen molar-refractivity contribution in [3.05, 3.63) is 52.5 Å². The molecule has 1 N–H and O–H groups in total. The molecule has 3 aromatic heterocycles. The van der Waals surface area contributed by atoms with Gasteiger partial charge in [0.25, 0.3) is 0 Å². The second-order valence-electron chi connectivity index (χ2n) is 6.11. The second-order valence-corrected chi connectivity index (χ2v) is 7.06. The maximum atomic E-state index is 12.9. The molecular weight excluding hydrogens is 324 g/mol. The van der Waals surface area contributed by atoms with Gasteiger partial charge < -0.3 is 14.3 Å². The summed E-state index contributed by atoms with van der Waals surface area (Å²) < 4.78 is 10.6. The van der Waals surface area contributed by atoms with Crippen LogP contribution in [-0.4, -0.2) is 11.1 Å². The zero-order valence-corrected chi connectivity index (χ0v) is 14.0. The van der Waals surface area contributed by atoms with Gasteiger partial charge in [0.1, 0.15) is 5.69 Å². The Kier molecular flexibility index (Phi) is 3.98. The van der Waals surface area contributed by atoms with Crippen molar-refractivity contribution in [2.75, 3.05) is 0 Å². The lowest BCUT2D eigenvalue weighted by molar-refractivity contribution is -0.126. The zero-order valence-electron chi connectivity index (χ0n) is 13.2. The molecule has 0 saturated heterocycles. The molecule has 24 heavy (non-hydrogen) atoms. The van der Waals surface area contributed by atoms with Gasteiger partial charge in [-0.3, -0.25) is 4.79 Å². The molecule has 0 aromatic carbocycles. The standard InChI is InChI=1S/C18H18N2O3S/c21-17(18(7-1-2-8-18)16-6-4-10-24-16)19-12-13-11-15(23-20-13)14-5-3-9-22-14/h3-6,9-11H,1-2,7-8,12H2,(H,19,21). The first-order chi connectivity index (χ1) is 11.8. The average Bonchev–Trinajstić information content (AvgIpc) is 3.41. The zero-order chi connectivity index (χ0) is 16.4. The average molecular weight is 342 g/mol. The molecule has 1 aliphatic carbocycles. The van der Waals surface area contributed by atoms with Crippen molar-refractivity contribution in [2.45, 2.75) is 37.6 Å². The van der Waals surface area contributed by atoms with Crippen LogP contribution in [0.1, 0.15) is 36.3 Å². The Bertz CT molecular complexity index is 799. The van der Waals surface area contributed by atoms with Crippen molar-refractivity contribution in [3.63, 3.8) is 0 Å². The summed E-state index contributed by atoms with van der Waals surface area (Å²) in [7, 11) is 0. The summed E-state index contributed by atoms with van der Waals surface area (Å²) in [6, 6.07) is 9.49. The third-order valence-corrected chi connectivity index (χ3v) is 5.71. The van der Waals surface area contributed by atoms with Crippen LogP contribution in [0.3, 0.4) is 0 Å². The Morgan fingerprint density at radius 2 is 2.12 bits per heavy atom. The van der Waals surface area contributed by atoms with Crippen LogP contribution < -0.4 is 5.32 Å². The molecule has 4 rings (SSSR count). The maximum Gasteiger partial charge on any atom is 0.231 e. The Morgan fingerprint density at radius 1 is 1.25 bits per heavy atom. The smallest absolute Gasteiger partial charge is 0.231 e. The number of amides is 1. The van der Waals surface area contributed by atoms with Crippen molar-refractivity contribution >= 4 is 17.2 Å². The van der Waals surface area contributed by atoms with Crippen LogP contribution in [0.4, 0.5) is 0 Å². The van der Waals surface area contributed by atoms with Crippen molar-refractivity contribution in [3.8, 4) is 11.5 Å². The van der Waals surface area contributed by atoms with Crippen LogP contribution in [0.5, 0.6) is 0 Å². The summed E-state index contributed by atoms with van der Waals surface area (Å²) in [6.07, 6.45) is 5.60. The monoisotopic (exact) mass is 342 g/mol. The summed E-state index contributed by atoms with van der Waals surface area (Å²) >= 11 is 1.66. The highest BCUT2D eigenvalue weighted by Gasteiger charge is 2.43. The number of nitrogens with one attached hydrogen (secondary N) is 1. The van der Waals surface area contributed by atoms with E-state index in [1.165, 1.54) is 0 Å². The Hall–Kier alpha value is -2.34. The molecule has 0 spiro atoms. The van der Waals surface area contributed by atoms with Gasteiger partial charge in [-0.2, -0.15) is 0 Å². The highest BCUT2D eigenvalue weighted by molar-refractivity contribution is 7.10. The summed E-state index contributed by atoms with van der Waals surface area (Å²) in [5.41, 5.74) is 0.316. The normalized spacial score (nSPS) is 16.3. The molecule has 1 amide bonds. The lowest BCUT2D eigenvalue weighted by Gasteiger charge is -2.26. The fraction of sp³-hybridized carbons (Fsp3) is 0.333. The molecule has 6 heteroatoms. The third kappa shape index (κ3) is 2.67. The molecule has 0 atom stereocenters. The SMILES string of the molecule is O=C(NCc1cc(-c2ccco2)on1)C1(c2cccs2)CCCC1. The van der Waals surface area contributed by atoms with Gasteiger partial charge in [-0.25, -0.2) is 0 Å². The molecule has 1 fully saturated rings. The van der Waals surface area contributed by atoms with E-state index in [2.05, 4.69) is 16.5 Å². The van der Waals surface area contributed by atoms with E-state index in [0.717, 1.165) is 30.6 Å². The Labute approximate surface area is 143 Å². The van der Waals surface area contributed by atoms with Crippen molar-refractivity contribution in [1.82, 2.24) is 10.5 Å². The minimum Gasteiger partial charge on any atom is -0.461 e. The summed E-state index contributed by atoms with van der Waals surface area (Å²) in [5, 5.41) is 9.09. The van der Waals surface area contributed by atoms with E-state index in [1.54, 1.807) is 29.7 Å². The number of carbonyl (C=O) groups is 1. The number of hydrogen-bond acceptors (Lipinski definition) is 5. The number of hydrogen-bond donors (Lipinski definition) is 1. The quantitative estimate of drug-likeness (QED) is 0.757. The van der Waals surface area contributed by atoms with E-state index in [9.17, 15) is 4.79 Å². The number of rotatable bonds is 5. The van der Waals surface area contributed by atoms with Crippen molar-refractivity contribution < 1.29 is 13.7 Å². The summed E-state index contributed by atoms with van der Waals surface area (Å²) in [5.74, 6) is 1.29. The molecule has 0 radical (unpaired) electrons. The van der Waals surface area contributed by atoms with Crippen molar-refractivity contribution in [2.24, 2.45) is 0 Å². The van der Waals surface area contributed by atoms with E-state index in [0.29, 0.717) is 23.8 Å². The number of furan rings is 1. The van der Waals surface area contributed by atoms with Crippen LogP contribution in [0.2, 0.25) is 0 Å². The number of aromatic nitrogens is 1. The topological polar surface area (TPSA) is 68.3 Å². The number of thiophene rings is 1. The van der Waals surface area contributed by atoms with Crippen molar-refractivity contribution in [1.29, 1.82) is 0 Å². The van der Waals surface area contributed by atoms with Crippen LogP contribution in [0.25, 0.3) is 11.5 Å². The summed E-state index contributed by atoms with van der Waals surface area (Å²) in [6.45, 7) is 0.357. The van der Waals surface area contributed by atoms with Gasteiger partial charge in [0.05, 0.1) is 18.2 Å². The van der Waals surface area contributed by atoms with Crippen LogP contribution >= 0.6 is 11.3 Å². The van der Waals surface area contributed by atoms with Crippen LogP contribution in [0.15, 0.2) is 50.9 Å². The minimum absolute atomic E-state index is 0.0880. The van der Waals surface area contributed by atoms with Gasteiger partial charge in [0.15, 0.2) is 5.76 Å². The van der Waals surface area contributed by atoms with Gasteiger partial charge in [-0.15, -0.1) is 11.3 Å². The van der Waals surface area contributed by atoms with Gasteiger partial charge in [0, 0.05) is 10.9 Å². The first-order valence-corrected chi connectivity index (χ1v) is 8.98. The van der Waals surface area contributed by atoms with Gasteiger partial charge in [-0.05, 0) is 36.4 Å². The molecular formula is C18H18N2O3S. The molecule has 1 aliphatic rings. The van der Waals surface area contributed by atoms with Gasteiger partial charge >= 0.3 is 0 Å². The minimum atomic E-state index is -0.373. The Morgan fingerprint density at radius 3 is 2.83 bits per heavy atom. The summed E-state index contributed by atoms with van der Waals surface area (Å²) in [4.78, 5) is 14.1. The highest BCUT2D eigenvalue weighted by Crippen LogP contribution is 2.43. The van der Waals surface area contributed by atoms with Gasteiger partial charge in [-0.1, -0.05) is 24.1 Å². The maximum absolute atomic E-state index is 12.9. The van der Waals surface area contributed by atoms with E-state index in [1.807, 2.05) is 17.5 Å². The van der Waals surface area contributed by atoms with E-state index in [-0.39, 0.29) is 11.3 Å². The molecule has 5 nitrogen and oxygen atoms in total. The molecule has 0 bridgehead atoms. The molecule has 0 aliphatic heterocycles. The number of nitrogens with zero attached hydrogens (tertiary/aromatic N) is 1. The Balaban J connectivity index is 1.46. The molecule has 3 aromatic rings. The first kappa shape index (κ1) is 15.2. The lowest BCUT2D eigenvalue weighted by Crippen LogP contribution is -2.41. The van der Waals surface area contributed by atoms with Crippen LogP contribution in [0, 0.1) is 0 Å². The molecule has 1 saturated carbocycles. The van der Waals surface area contributed by atoms with Crippen LogP contribution in [-0.2, 0) is 16.8 Å². The third-order valence-electron chi connectivity index (χ3n) is 4.64. The molecule has 124 valence electrons. The largest absolute Gasteiger partial charge is 0.461 e. The number of carbonyl (C=O) groups excluding carboxylic acids is 1. The molecule has 3 heterocycles. The van der Waals surface area contributed by atoms with E-state index in [4.69, 9.17) is 8.94 Å². The first-order valence-electron chi connectivity index (χ1n) is 8.10. The van der Waals surface area contributed by atoms with E-state index < -0.39 is 0 Å².